The maximum absolute atomic E-state index is 12.0. The van der Waals surface area contributed by atoms with E-state index in [0.29, 0.717) is 22.7 Å². The lowest BCUT2D eigenvalue weighted by molar-refractivity contribution is -0.142. The lowest BCUT2D eigenvalue weighted by atomic mass is 10.1. The van der Waals surface area contributed by atoms with Crippen LogP contribution in [0.3, 0.4) is 0 Å². The number of carbonyl (C=O) groups excluding carboxylic acids is 2. The molecule has 0 unspecified atom stereocenters. The van der Waals surface area contributed by atoms with Gasteiger partial charge < -0.3 is 19.5 Å². The Labute approximate surface area is 158 Å². The average molecular weight is 369 g/mol. The van der Waals surface area contributed by atoms with Gasteiger partial charge in [-0.25, -0.2) is 4.79 Å². The van der Waals surface area contributed by atoms with E-state index in [1.54, 1.807) is 37.5 Å². The monoisotopic (exact) mass is 369 g/mol. The molecule has 0 aliphatic carbocycles. The number of nitrogens with one attached hydrogen (secondary N) is 1. The zero-order valence-electron chi connectivity index (χ0n) is 15.9. The topological polar surface area (TPSA) is 73.9 Å². The van der Waals surface area contributed by atoms with Gasteiger partial charge in [0.2, 0.25) is 0 Å². The minimum atomic E-state index is -0.621. The van der Waals surface area contributed by atoms with Gasteiger partial charge in [-0.15, -0.1) is 0 Å². The summed E-state index contributed by atoms with van der Waals surface area (Å²) in [6.07, 6.45) is 2.80. The van der Waals surface area contributed by atoms with Crippen molar-refractivity contribution < 1.29 is 23.8 Å². The summed E-state index contributed by atoms with van der Waals surface area (Å²) in [7, 11) is 3.09. The third kappa shape index (κ3) is 5.60. The summed E-state index contributed by atoms with van der Waals surface area (Å²) in [5.74, 6) is 0.192. The molecule has 0 bridgehead atoms. The predicted molar refractivity (Wildman–Crippen MR) is 104 cm³/mol. The SMILES string of the molecule is COc1ccc(/C=C/C(=O)OCC(=O)Nc2cccc(C)c2C)c(OC)c1. The van der Waals surface area contributed by atoms with E-state index in [-0.39, 0.29) is 6.61 Å². The van der Waals surface area contributed by atoms with Gasteiger partial charge in [0.05, 0.1) is 14.2 Å². The second-order valence-electron chi connectivity index (χ2n) is 5.84. The van der Waals surface area contributed by atoms with Crippen molar-refractivity contribution in [3.8, 4) is 11.5 Å². The molecule has 0 radical (unpaired) electrons. The second-order valence-corrected chi connectivity index (χ2v) is 5.84. The van der Waals surface area contributed by atoms with Gasteiger partial charge in [-0.2, -0.15) is 0 Å². The molecule has 6 nitrogen and oxygen atoms in total. The molecule has 142 valence electrons. The van der Waals surface area contributed by atoms with Crippen LogP contribution in [0, 0.1) is 13.8 Å². The minimum absolute atomic E-state index is 0.365. The first-order chi connectivity index (χ1) is 12.9. The van der Waals surface area contributed by atoms with E-state index >= 15 is 0 Å². The van der Waals surface area contributed by atoms with Gasteiger partial charge in [-0.1, -0.05) is 12.1 Å². The second kappa shape index (κ2) is 9.43. The maximum Gasteiger partial charge on any atom is 0.331 e. The summed E-state index contributed by atoms with van der Waals surface area (Å²) >= 11 is 0. The molecule has 0 atom stereocenters. The van der Waals surface area contributed by atoms with Crippen LogP contribution in [0.2, 0.25) is 0 Å². The van der Waals surface area contributed by atoms with E-state index in [4.69, 9.17) is 14.2 Å². The molecular formula is C21H23NO5. The Morgan fingerprint density at radius 2 is 1.85 bits per heavy atom. The fourth-order valence-electron chi connectivity index (χ4n) is 2.37. The van der Waals surface area contributed by atoms with Gasteiger partial charge in [0, 0.05) is 23.4 Å². The summed E-state index contributed by atoms with van der Waals surface area (Å²) < 4.78 is 15.4. The van der Waals surface area contributed by atoms with Crippen molar-refractivity contribution in [1.82, 2.24) is 0 Å². The highest BCUT2D eigenvalue weighted by Gasteiger charge is 2.09. The predicted octanol–water partition coefficient (Wildman–Crippen LogP) is 3.52. The molecule has 2 aromatic rings. The smallest absolute Gasteiger partial charge is 0.331 e. The first-order valence-electron chi connectivity index (χ1n) is 8.37. The van der Waals surface area contributed by atoms with Gasteiger partial charge in [0.25, 0.3) is 5.91 Å². The molecule has 0 fully saturated rings. The molecule has 0 heterocycles. The van der Waals surface area contributed by atoms with E-state index < -0.39 is 11.9 Å². The molecule has 0 spiro atoms. The quantitative estimate of drug-likeness (QED) is 0.597. The number of methoxy groups -OCH3 is 2. The van der Waals surface area contributed by atoms with Crippen LogP contribution in [0.5, 0.6) is 11.5 Å². The molecule has 0 aliphatic rings. The zero-order valence-corrected chi connectivity index (χ0v) is 15.9. The first-order valence-corrected chi connectivity index (χ1v) is 8.37. The van der Waals surface area contributed by atoms with Crippen molar-refractivity contribution in [3.05, 3.63) is 59.2 Å². The summed E-state index contributed by atoms with van der Waals surface area (Å²) in [6, 6.07) is 10.8. The number of rotatable bonds is 7. The fourth-order valence-corrected chi connectivity index (χ4v) is 2.37. The van der Waals surface area contributed by atoms with Gasteiger partial charge >= 0.3 is 5.97 Å². The van der Waals surface area contributed by atoms with Crippen LogP contribution in [0.15, 0.2) is 42.5 Å². The lowest BCUT2D eigenvalue weighted by Gasteiger charge is -2.10. The number of hydrogen-bond acceptors (Lipinski definition) is 5. The first kappa shape index (κ1) is 20.0. The summed E-state index contributed by atoms with van der Waals surface area (Å²) in [5, 5.41) is 2.74. The third-order valence-corrected chi connectivity index (χ3v) is 4.06. The molecule has 27 heavy (non-hydrogen) atoms. The highest BCUT2D eigenvalue weighted by atomic mass is 16.5. The Morgan fingerprint density at radius 3 is 2.56 bits per heavy atom. The molecule has 1 amide bonds. The Morgan fingerprint density at radius 1 is 1.07 bits per heavy atom. The van der Waals surface area contributed by atoms with Crippen molar-refractivity contribution >= 4 is 23.6 Å². The van der Waals surface area contributed by atoms with Crippen molar-refractivity contribution in [2.75, 3.05) is 26.1 Å². The van der Waals surface area contributed by atoms with Crippen LogP contribution < -0.4 is 14.8 Å². The van der Waals surface area contributed by atoms with Crippen LogP contribution in [-0.4, -0.2) is 32.7 Å². The average Bonchev–Trinajstić information content (AvgIpc) is 2.68. The molecule has 2 rings (SSSR count). The van der Waals surface area contributed by atoms with Crippen molar-refractivity contribution in [1.29, 1.82) is 0 Å². The van der Waals surface area contributed by atoms with Gasteiger partial charge in [-0.05, 0) is 49.2 Å². The third-order valence-electron chi connectivity index (χ3n) is 4.06. The Hall–Kier alpha value is -3.28. The normalized spacial score (nSPS) is 10.5. The summed E-state index contributed by atoms with van der Waals surface area (Å²) in [5.41, 5.74) is 3.44. The molecule has 0 saturated carbocycles. The van der Waals surface area contributed by atoms with Gasteiger partial charge in [-0.3, -0.25) is 4.79 Å². The molecule has 2 aromatic carbocycles. The van der Waals surface area contributed by atoms with Crippen LogP contribution in [0.25, 0.3) is 6.08 Å². The van der Waals surface area contributed by atoms with E-state index in [1.165, 1.54) is 13.2 Å². The zero-order chi connectivity index (χ0) is 19.8. The molecule has 0 aromatic heterocycles. The highest BCUT2D eigenvalue weighted by molar-refractivity contribution is 5.95. The number of ether oxygens (including phenoxy) is 3. The largest absolute Gasteiger partial charge is 0.497 e. The molecule has 1 N–H and O–H groups in total. The fraction of sp³-hybridized carbons (Fsp3) is 0.238. The number of carbonyl (C=O) groups is 2. The number of amides is 1. The Bertz CT molecular complexity index is 858. The number of esters is 1. The molecular weight excluding hydrogens is 346 g/mol. The van der Waals surface area contributed by atoms with Gasteiger partial charge in [0.15, 0.2) is 6.61 Å². The van der Waals surface area contributed by atoms with Crippen molar-refractivity contribution in [2.24, 2.45) is 0 Å². The Kier molecular flexibility index (Phi) is 7.00. The number of hydrogen-bond donors (Lipinski definition) is 1. The van der Waals surface area contributed by atoms with Crippen molar-refractivity contribution in [2.45, 2.75) is 13.8 Å². The van der Waals surface area contributed by atoms with E-state index in [9.17, 15) is 9.59 Å². The maximum atomic E-state index is 12.0. The Balaban J connectivity index is 1.91. The van der Waals surface area contributed by atoms with Crippen LogP contribution in [-0.2, 0) is 14.3 Å². The number of benzene rings is 2. The molecule has 0 aliphatic heterocycles. The highest BCUT2D eigenvalue weighted by Crippen LogP contribution is 2.25. The van der Waals surface area contributed by atoms with E-state index in [1.807, 2.05) is 26.0 Å². The lowest BCUT2D eigenvalue weighted by Crippen LogP contribution is -2.20. The standard InChI is InChI=1S/C21H23NO5/c1-14-6-5-7-18(15(14)2)22-20(23)13-27-21(24)11-9-16-8-10-17(25-3)12-19(16)26-4/h5-12H,13H2,1-4H3,(H,22,23)/b11-9+. The molecule has 0 saturated heterocycles. The van der Waals surface area contributed by atoms with Gasteiger partial charge in [0.1, 0.15) is 11.5 Å². The van der Waals surface area contributed by atoms with E-state index in [0.717, 1.165) is 11.1 Å². The summed E-state index contributed by atoms with van der Waals surface area (Å²) in [6.45, 7) is 3.52. The number of aryl methyl sites for hydroxylation is 1. The van der Waals surface area contributed by atoms with Crippen molar-refractivity contribution in [3.63, 3.8) is 0 Å². The van der Waals surface area contributed by atoms with Crippen LogP contribution in [0.1, 0.15) is 16.7 Å². The van der Waals surface area contributed by atoms with Crippen LogP contribution in [0.4, 0.5) is 5.69 Å². The van der Waals surface area contributed by atoms with Crippen LogP contribution >= 0.6 is 0 Å². The number of anilines is 1. The van der Waals surface area contributed by atoms with E-state index in [2.05, 4.69) is 5.32 Å². The summed E-state index contributed by atoms with van der Waals surface area (Å²) in [4.78, 5) is 23.8. The minimum Gasteiger partial charge on any atom is -0.497 e. The molecule has 6 heteroatoms.